The summed E-state index contributed by atoms with van der Waals surface area (Å²) >= 11 is 6.65. The maximum atomic E-state index is 11.4. The number of nitrogens with zero attached hydrogens (tertiary/aromatic N) is 3. The quantitative estimate of drug-likeness (QED) is 0.177. The van der Waals surface area contributed by atoms with E-state index in [1.807, 2.05) is 20.0 Å². The minimum atomic E-state index is -0.541. The number of halogens is 1. The third kappa shape index (κ3) is 4.82. The van der Waals surface area contributed by atoms with Crippen molar-refractivity contribution in [1.82, 2.24) is 25.1 Å². The van der Waals surface area contributed by atoms with Gasteiger partial charge in [-0.25, -0.2) is 5.48 Å². The first-order valence-corrected chi connectivity index (χ1v) is 12.5. The molecule has 1 aliphatic rings. The highest BCUT2D eigenvalue weighted by Crippen LogP contribution is 2.38. The molecule has 1 aliphatic carbocycles. The van der Waals surface area contributed by atoms with Crippen molar-refractivity contribution in [2.24, 2.45) is 7.05 Å². The number of hydrogen-bond donors (Lipinski definition) is 3. The van der Waals surface area contributed by atoms with Crippen molar-refractivity contribution < 1.29 is 10.0 Å². The van der Waals surface area contributed by atoms with Crippen LogP contribution in [-0.2, 0) is 31.2 Å². The van der Waals surface area contributed by atoms with E-state index < -0.39 is 5.91 Å². The smallest absolute Gasteiger partial charge is 0.267 e. The molecule has 8 heteroatoms. The highest BCUT2D eigenvalue weighted by Gasteiger charge is 2.29. The van der Waals surface area contributed by atoms with Crippen molar-refractivity contribution >= 4 is 34.5 Å². The fourth-order valence-electron chi connectivity index (χ4n) is 5.31. The predicted octanol–water partition coefficient (Wildman–Crippen LogP) is 5.11. The monoisotopic (exact) mass is 503 g/mol. The second kappa shape index (κ2) is 10.3. The standard InChI is InChI=1S/C28H30ClN5O2/c1-18-24(28(29)33(2)31-18)17-34(14-13-21-16-30-25-6-4-3-5-22(21)25)26-11-9-20-15-19(7-10-23(20)26)8-12-27(35)32-36/h3-8,10,12,15-16,26,30,36H,9,11,13-14,17H2,1-2H3,(H,32,35)/b12-8+. The van der Waals surface area contributed by atoms with E-state index >= 15 is 0 Å². The summed E-state index contributed by atoms with van der Waals surface area (Å²) in [6.45, 7) is 3.63. The lowest BCUT2D eigenvalue weighted by Gasteiger charge is -2.30. The largest absolute Gasteiger partial charge is 0.361 e. The lowest BCUT2D eigenvalue weighted by Crippen LogP contribution is -2.29. The molecule has 0 saturated heterocycles. The van der Waals surface area contributed by atoms with Crippen LogP contribution in [0, 0.1) is 6.92 Å². The zero-order valence-corrected chi connectivity index (χ0v) is 21.2. The Morgan fingerprint density at radius 3 is 2.94 bits per heavy atom. The Hall–Kier alpha value is -3.39. The number of aryl methyl sites for hydroxylation is 3. The van der Waals surface area contributed by atoms with E-state index in [4.69, 9.17) is 16.8 Å². The fourth-order valence-corrected chi connectivity index (χ4v) is 5.55. The molecule has 0 saturated carbocycles. The number of para-hydroxylation sites is 1. The molecular weight excluding hydrogens is 474 g/mol. The number of carbonyl (C=O) groups excluding carboxylic acids is 1. The van der Waals surface area contributed by atoms with Crippen LogP contribution in [0.1, 0.15) is 46.0 Å². The van der Waals surface area contributed by atoms with Gasteiger partial charge >= 0.3 is 0 Å². The molecule has 1 atom stereocenters. The van der Waals surface area contributed by atoms with Crippen LogP contribution < -0.4 is 5.48 Å². The predicted molar refractivity (Wildman–Crippen MR) is 142 cm³/mol. The van der Waals surface area contributed by atoms with Gasteiger partial charge in [-0.1, -0.05) is 48.0 Å². The lowest BCUT2D eigenvalue weighted by molar-refractivity contribution is -0.124. The van der Waals surface area contributed by atoms with Crippen LogP contribution in [-0.4, -0.2) is 37.3 Å². The van der Waals surface area contributed by atoms with Crippen molar-refractivity contribution in [2.45, 2.75) is 38.8 Å². The van der Waals surface area contributed by atoms with Gasteiger partial charge in [0.1, 0.15) is 5.15 Å². The van der Waals surface area contributed by atoms with Gasteiger partial charge in [-0.15, -0.1) is 0 Å². The Labute approximate surface area is 215 Å². The van der Waals surface area contributed by atoms with E-state index in [2.05, 4.69) is 57.6 Å². The first kappa shape index (κ1) is 24.3. The van der Waals surface area contributed by atoms with Gasteiger partial charge in [0.05, 0.1) is 5.69 Å². The molecule has 0 spiro atoms. The van der Waals surface area contributed by atoms with Crippen molar-refractivity contribution in [1.29, 1.82) is 0 Å². The summed E-state index contributed by atoms with van der Waals surface area (Å²) in [4.78, 5) is 17.3. The molecule has 5 rings (SSSR count). The third-order valence-corrected chi connectivity index (χ3v) is 7.64. The zero-order valence-electron chi connectivity index (χ0n) is 20.5. The molecule has 0 bridgehead atoms. The van der Waals surface area contributed by atoms with Crippen molar-refractivity contribution in [2.75, 3.05) is 6.54 Å². The van der Waals surface area contributed by atoms with Crippen LogP contribution >= 0.6 is 11.6 Å². The molecule has 4 aromatic rings. The Kier molecular flexibility index (Phi) is 6.96. The Morgan fingerprint density at radius 1 is 1.33 bits per heavy atom. The number of nitrogens with one attached hydrogen (secondary N) is 2. The average molecular weight is 504 g/mol. The molecule has 0 radical (unpaired) electrons. The minimum absolute atomic E-state index is 0.264. The summed E-state index contributed by atoms with van der Waals surface area (Å²) in [7, 11) is 1.88. The molecular formula is C28H30ClN5O2. The van der Waals surface area contributed by atoms with E-state index in [9.17, 15) is 4.79 Å². The van der Waals surface area contributed by atoms with Crippen LogP contribution in [0.25, 0.3) is 17.0 Å². The van der Waals surface area contributed by atoms with Gasteiger partial charge in [0.2, 0.25) is 0 Å². The molecule has 0 aliphatic heterocycles. The van der Waals surface area contributed by atoms with Crippen molar-refractivity contribution in [3.63, 3.8) is 0 Å². The molecule has 3 N–H and O–H groups in total. The van der Waals surface area contributed by atoms with Crippen LogP contribution in [0.4, 0.5) is 0 Å². The lowest BCUT2D eigenvalue weighted by atomic mass is 10.0. The fraction of sp³-hybridized carbons (Fsp3) is 0.286. The summed E-state index contributed by atoms with van der Waals surface area (Å²) in [6, 6.07) is 15.0. The van der Waals surface area contributed by atoms with Crippen molar-refractivity contribution in [3.8, 4) is 0 Å². The average Bonchev–Trinajstić information content (AvgIpc) is 3.56. The Balaban J connectivity index is 1.43. The van der Waals surface area contributed by atoms with E-state index in [-0.39, 0.29) is 6.04 Å². The number of aromatic nitrogens is 3. The van der Waals surface area contributed by atoms with Gasteiger partial charge in [-0.2, -0.15) is 5.10 Å². The molecule has 186 valence electrons. The van der Waals surface area contributed by atoms with E-state index in [1.54, 1.807) is 16.2 Å². The van der Waals surface area contributed by atoms with E-state index in [0.29, 0.717) is 5.15 Å². The molecule has 36 heavy (non-hydrogen) atoms. The number of hydrogen-bond acceptors (Lipinski definition) is 4. The van der Waals surface area contributed by atoms with Crippen LogP contribution in [0.2, 0.25) is 5.15 Å². The molecule has 1 unspecified atom stereocenters. The Bertz CT molecular complexity index is 1440. The molecule has 1 amide bonds. The second-order valence-corrected chi connectivity index (χ2v) is 9.74. The zero-order chi connectivity index (χ0) is 25.2. The molecule has 7 nitrogen and oxygen atoms in total. The normalized spacial score (nSPS) is 15.3. The summed E-state index contributed by atoms with van der Waals surface area (Å²) < 4.78 is 1.74. The highest BCUT2D eigenvalue weighted by molar-refractivity contribution is 6.30. The SMILES string of the molecule is Cc1nn(C)c(Cl)c1CN(CCc1c[nH]c2ccccc12)C1CCc2cc(/C=C/C(=O)NO)ccc21. The van der Waals surface area contributed by atoms with Crippen LogP contribution in [0.5, 0.6) is 0 Å². The van der Waals surface area contributed by atoms with Gasteiger partial charge in [-0.05, 0) is 60.6 Å². The maximum absolute atomic E-state index is 11.4. The highest BCUT2D eigenvalue weighted by atomic mass is 35.5. The second-order valence-electron chi connectivity index (χ2n) is 9.38. The van der Waals surface area contributed by atoms with E-state index in [0.717, 1.165) is 54.7 Å². The number of fused-ring (bicyclic) bond motifs is 2. The molecule has 0 fully saturated rings. The number of hydroxylamine groups is 1. The molecule has 2 aromatic carbocycles. The number of rotatable bonds is 8. The summed E-state index contributed by atoms with van der Waals surface area (Å²) in [6.07, 6.45) is 8.07. The van der Waals surface area contributed by atoms with E-state index in [1.165, 1.54) is 28.2 Å². The number of H-pyrrole nitrogens is 1. The van der Waals surface area contributed by atoms with Crippen LogP contribution in [0.3, 0.4) is 0 Å². The molecule has 2 heterocycles. The number of carbonyl (C=O) groups is 1. The van der Waals surface area contributed by atoms with Gasteiger partial charge in [0.25, 0.3) is 5.91 Å². The van der Waals surface area contributed by atoms with Gasteiger partial charge in [-0.3, -0.25) is 19.6 Å². The number of amides is 1. The van der Waals surface area contributed by atoms with Gasteiger partial charge in [0.15, 0.2) is 0 Å². The van der Waals surface area contributed by atoms with Crippen molar-refractivity contribution in [3.05, 3.63) is 93.4 Å². The number of aromatic amines is 1. The minimum Gasteiger partial charge on any atom is -0.361 e. The summed E-state index contributed by atoms with van der Waals surface area (Å²) in [5.41, 5.74) is 9.67. The first-order valence-electron chi connectivity index (χ1n) is 12.2. The topological polar surface area (TPSA) is 86.2 Å². The van der Waals surface area contributed by atoms with Gasteiger partial charge in [0, 0.05) is 54.9 Å². The van der Waals surface area contributed by atoms with Crippen LogP contribution in [0.15, 0.2) is 54.7 Å². The summed E-state index contributed by atoms with van der Waals surface area (Å²) in [5.74, 6) is -0.541. The summed E-state index contributed by atoms with van der Waals surface area (Å²) in [5, 5.41) is 15.2. The number of benzene rings is 2. The third-order valence-electron chi connectivity index (χ3n) is 7.17. The maximum Gasteiger partial charge on any atom is 0.267 e. The Morgan fingerprint density at radius 2 is 2.17 bits per heavy atom. The van der Waals surface area contributed by atoms with Gasteiger partial charge < -0.3 is 4.98 Å². The molecule has 2 aromatic heterocycles. The first-order chi connectivity index (χ1) is 17.4.